The molecule has 0 aromatic heterocycles. The number of nitrogens with two attached hydrogens (primary N) is 1. The molecule has 4 heteroatoms. The Kier molecular flexibility index (Phi) is 4.45. The fourth-order valence-electron chi connectivity index (χ4n) is 2.29. The summed E-state index contributed by atoms with van der Waals surface area (Å²) in [4.78, 5) is 0. The van der Waals surface area contributed by atoms with Crippen LogP contribution in [-0.2, 0) is 0 Å². The van der Waals surface area contributed by atoms with Crippen molar-refractivity contribution in [3.63, 3.8) is 0 Å². The van der Waals surface area contributed by atoms with Gasteiger partial charge in [0, 0.05) is 10.0 Å². The normalized spacial score (nSPS) is 12.3. The van der Waals surface area contributed by atoms with Crippen molar-refractivity contribution < 1.29 is 9.13 Å². The van der Waals surface area contributed by atoms with Gasteiger partial charge in [-0.2, -0.15) is 0 Å². The summed E-state index contributed by atoms with van der Waals surface area (Å²) in [5.74, 6) is 0.509. The van der Waals surface area contributed by atoms with E-state index in [1.54, 1.807) is 19.2 Å². The highest BCUT2D eigenvalue weighted by molar-refractivity contribution is 9.10. The Morgan fingerprint density at radius 1 is 1.10 bits per heavy atom. The summed E-state index contributed by atoms with van der Waals surface area (Å²) in [5, 5.41) is 0. The molecule has 0 amide bonds. The predicted molar refractivity (Wildman–Crippen MR) is 82.6 cm³/mol. The van der Waals surface area contributed by atoms with E-state index in [0.29, 0.717) is 10.0 Å². The smallest absolute Gasteiger partial charge is 0.129 e. The van der Waals surface area contributed by atoms with Gasteiger partial charge in [-0.05, 0) is 48.7 Å². The van der Waals surface area contributed by atoms with Crippen LogP contribution in [0.15, 0.2) is 34.8 Å². The third-order valence-corrected chi connectivity index (χ3v) is 3.91. The Labute approximate surface area is 126 Å². The molecule has 2 rings (SSSR count). The average molecular weight is 338 g/mol. The van der Waals surface area contributed by atoms with E-state index in [2.05, 4.69) is 15.9 Å². The van der Waals surface area contributed by atoms with E-state index in [-0.39, 0.29) is 5.82 Å². The van der Waals surface area contributed by atoms with Gasteiger partial charge in [-0.15, -0.1) is 0 Å². The third kappa shape index (κ3) is 2.86. The lowest BCUT2D eigenvalue weighted by Crippen LogP contribution is -2.15. The lowest BCUT2D eigenvalue weighted by atomic mass is 9.93. The number of benzene rings is 2. The first-order chi connectivity index (χ1) is 9.43. The second kappa shape index (κ2) is 5.94. The fourth-order valence-corrected chi connectivity index (χ4v) is 2.62. The molecule has 2 nitrogen and oxygen atoms in total. The summed E-state index contributed by atoms with van der Waals surface area (Å²) in [7, 11) is 1.63. The number of methoxy groups -OCH3 is 1. The molecule has 106 valence electrons. The van der Waals surface area contributed by atoms with Gasteiger partial charge in [-0.1, -0.05) is 28.1 Å². The molecule has 1 unspecified atom stereocenters. The highest BCUT2D eigenvalue weighted by atomic mass is 79.9. The molecule has 0 saturated heterocycles. The van der Waals surface area contributed by atoms with Gasteiger partial charge in [0.15, 0.2) is 0 Å². The number of hydrogen-bond donors (Lipinski definition) is 1. The summed E-state index contributed by atoms with van der Waals surface area (Å²) >= 11 is 3.25. The van der Waals surface area contributed by atoms with E-state index in [1.165, 1.54) is 6.07 Å². The molecule has 0 aliphatic heterocycles. The average Bonchev–Trinajstić information content (AvgIpc) is 2.40. The van der Waals surface area contributed by atoms with Crippen molar-refractivity contribution in [2.24, 2.45) is 5.73 Å². The zero-order chi connectivity index (χ0) is 14.9. The fraction of sp³-hybridized carbons (Fsp3) is 0.250. The molecule has 20 heavy (non-hydrogen) atoms. The van der Waals surface area contributed by atoms with E-state index in [9.17, 15) is 4.39 Å². The minimum Gasteiger partial charge on any atom is -0.496 e. The Bertz CT molecular complexity index is 643. The van der Waals surface area contributed by atoms with Gasteiger partial charge in [-0.3, -0.25) is 0 Å². The topological polar surface area (TPSA) is 35.2 Å². The van der Waals surface area contributed by atoms with Gasteiger partial charge in [0.1, 0.15) is 11.6 Å². The Hall–Kier alpha value is -1.39. The Morgan fingerprint density at radius 2 is 1.80 bits per heavy atom. The maximum atomic E-state index is 14.0. The van der Waals surface area contributed by atoms with Crippen molar-refractivity contribution in [3.05, 3.63) is 62.9 Å². The molecule has 0 radical (unpaired) electrons. The van der Waals surface area contributed by atoms with Gasteiger partial charge in [0.05, 0.1) is 13.2 Å². The largest absolute Gasteiger partial charge is 0.496 e. The summed E-state index contributed by atoms with van der Waals surface area (Å²) in [5.41, 5.74) is 9.60. The second-order valence-corrected chi connectivity index (χ2v) is 5.74. The van der Waals surface area contributed by atoms with Crippen LogP contribution in [0.5, 0.6) is 5.75 Å². The van der Waals surface area contributed by atoms with E-state index < -0.39 is 6.04 Å². The molecule has 0 saturated carbocycles. The number of hydrogen-bond acceptors (Lipinski definition) is 2. The van der Waals surface area contributed by atoms with Gasteiger partial charge < -0.3 is 10.5 Å². The van der Waals surface area contributed by atoms with Crippen LogP contribution in [0.4, 0.5) is 4.39 Å². The van der Waals surface area contributed by atoms with E-state index in [0.717, 1.165) is 22.4 Å². The molecule has 0 spiro atoms. The van der Waals surface area contributed by atoms with Crippen LogP contribution in [0.25, 0.3) is 0 Å². The maximum absolute atomic E-state index is 14.0. The molecular formula is C16H17BrFNO. The molecular weight excluding hydrogens is 321 g/mol. The molecule has 0 aliphatic carbocycles. The molecule has 2 N–H and O–H groups in total. The van der Waals surface area contributed by atoms with Crippen LogP contribution >= 0.6 is 15.9 Å². The van der Waals surface area contributed by atoms with E-state index in [1.807, 2.05) is 26.0 Å². The quantitative estimate of drug-likeness (QED) is 0.907. The zero-order valence-corrected chi connectivity index (χ0v) is 13.3. The van der Waals surface area contributed by atoms with Crippen molar-refractivity contribution in [1.82, 2.24) is 0 Å². The van der Waals surface area contributed by atoms with Crippen molar-refractivity contribution >= 4 is 15.9 Å². The SMILES string of the molecule is COc1cc(C)c(C(N)c2ccc(Br)cc2F)cc1C. The van der Waals surface area contributed by atoms with Crippen molar-refractivity contribution in [2.75, 3.05) is 7.11 Å². The van der Waals surface area contributed by atoms with Crippen LogP contribution in [0, 0.1) is 19.7 Å². The first kappa shape index (κ1) is 15.0. The first-order valence-electron chi connectivity index (χ1n) is 6.29. The van der Waals surface area contributed by atoms with E-state index >= 15 is 0 Å². The third-order valence-electron chi connectivity index (χ3n) is 3.42. The molecule has 0 bridgehead atoms. The summed E-state index contributed by atoms with van der Waals surface area (Å²) in [6.45, 7) is 3.90. The first-order valence-corrected chi connectivity index (χ1v) is 7.09. The lowest BCUT2D eigenvalue weighted by molar-refractivity contribution is 0.411. The molecule has 0 fully saturated rings. The van der Waals surface area contributed by atoms with Gasteiger partial charge in [-0.25, -0.2) is 4.39 Å². The molecule has 2 aromatic rings. The highest BCUT2D eigenvalue weighted by Crippen LogP contribution is 2.30. The summed E-state index contributed by atoms with van der Waals surface area (Å²) in [6.07, 6.45) is 0. The van der Waals surface area contributed by atoms with Gasteiger partial charge in [0.2, 0.25) is 0 Å². The number of rotatable bonds is 3. The molecule has 0 heterocycles. The Balaban J connectivity index is 2.48. The summed E-state index contributed by atoms with van der Waals surface area (Å²) in [6, 6.07) is 8.34. The number of aryl methyl sites for hydroxylation is 2. The number of ether oxygens (including phenoxy) is 1. The minimum absolute atomic E-state index is 0.306. The molecule has 0 aliphatic rings. The van der Waals surface area contributed by atoms with Gasteiger partial charge >= 0.3 is 0 Å². The van der Waals surface area contributed by atoms with Crippen LogP contribution in [0.2, 0.25) is 0 Å². The van der Waals surface area contributed by atoms with Crippen LogP contribution in [-0.4, -0.2) is 7.11 Å². The Morgan fingerprint density at radius 3 is 2.40 bits per heavy atom. The van der Waals surface area contributed by atoms with Gasteiger partial charge in [0.25, 0.3) is 0 Å². The van der Waals surface area contributed by atoms with E-state index in [4.69, 9.17) is 10.5 Å². The summed E-state index contributed by atoms with van der Waals surface area (Å²) < 4.78 is 20.0. The second-order valence-electron chi connectivity index (χ2n) is 4.82. The minimum atomic E-state index is -0.493. The number of halogens is 2. The van der Waals surface area contributed by atoms with Crippen molar-refractivity contribution in [1.29, 1.82) is 0 Å². The van der Waals surface area contributed by atoms with Crippen molar-refractivity contribution in [2.45, 2.75) is 19.9 Å². The molecule has 2 aromatic carbocycles. The predicted octanol–water partition coefficient (Wildman–Crippen LogP) is 4.26. The monoisotopic (exact) mass is 337 g/mol. The van der Waals surface area contributed by atoms with Crippen LogP contribution in [0.1, 0.15) is 28.3 Å². The lowest BCUT2D eigenvalue weighted by Gasteiger charge is -2.18. The zero-order valence-electron chi connectivity index (χ0n) is 11.7. The highest BCUT2D eigenvalue weighted by Gasteiger charge is 2.17. The molecule has 1 atom stereocenters. The van der Waals surface area contributed by atoms with Crippen LogP contribution < -0.4 is 10.5 Å². The van der Waals surface area contributed by atoms with Crippen molar-refractivity contribution in [3.8, 4) is 5.75 Å². The maximum Gasteiger partial charge on any atom is 0.129 e. The van der Waals surface area contributed by atoms with Crippen LogP contribution in [0.3, 0.4) is 0 Å². The standard InChI is InChI=1S/C16H17BrFNO/c1-9-7-15(20-3)10(2)6-13(9)16(19)12-5-4-11(17)8-14(12)18/h4-8,16H,19H2,1-3H3.